The lowest BCUT2D eigenvalue weighted by Gasteiger charge is -2.20. The molecule has 0 spiro atoms. The normalized spacial score (nSPS) is 19.9. The van der Waals surface area contributed by atoms with Crippen LogP contribution in [0, 0.1) is 18.6 Å². The SMILES string of the molecule is Cc1cc2c(cc1C(=O)N1CCc3cc(F)c(F)cc31)[nH]c(=O)c1cnc([C@@H]3CCC[C@H]3O)n12. The lowest BCUT2D eigenvalue weighted by Crippen LogP contribution is -2.29. The third kappa shape index (κ3) is 3.00. The van der Waals surface area contributed by atoms with Gasteiger partial charge in [-0.3, -0.25) is 14.0 Å². The summed E-state index contributed by atoms with van der Waals surface area (Å²) in [6.07, 6.45) is 3.81. The predicted octanol–water partition coefficient (Wildman–Crippen LogP) is 3.59. The fourth-order valence-electron chi connectivity index (χ4n) is 5.42. The number of aromatic nitrogens is 3. The van der Waals surface area contributed by atoms with Gasteiger partial charge in [0.05, 0.1) is 29.0 Å². The van der Waals surface area contributed by atoms with Crippen LogP contribution in [0.5, 0.6) is 0 Å². The monoisotopic (exact) mass is 464 g/mol. The van der Waals surface area contributed by atoms with Crippen molar-refractivity contribution in [1.29, 1.82) is 0 Å². The summed E-state index contributed by atoms with van der Waals surface area (Å²) < 4.78 is 29.3. The molecule has 2 aromatic carbocycles. The van der Waals surface area contributed by atoms with Crippen molar-refractivity contribution >= 4 is 28.1 Å². The number of hydrogen-bond acceptors (Lipinski definition) is 4. The third-order valence-electron chi connectivity index (χ3n) is 7.16. The van der Waals surface area contributed by atoms with Gasteiger partial charge in [-0.05, 0) is 55.5 Å². The van der Waals surface area contributed by atoms with Crippen LogP contribution in [0.25, 0.3) is 16.6 Å². The van der Waals surface area contributed by atoms with Crippen molar-refractivity contribution in [2.24, 2.45) is 0 Å². The molecule has 1 fully saturated rings. The van der Waals surface area contributed by atoms with Crippen molar-refractivity contribution in [2.75, 3.05) is 11.4 Å². The van der Waals surface area contributed by atoms with Gasteiger partial charge < -0.3 is 15.0 Å². The molecule has 7 nitrogen and oxygen atoms in total. The number of fused-ring (bicyclic) bond motifs is 4. The number of halogens is 2. The molecule has 1 saturated carbocycles. The standard InChI is InChI=1S/C25H22F2N4O3/c1-12-7-20-18(29-24(33)21-11-28-23(31(20)21)14-3-2-4-22(14)32)9-15(12)25(34)30-6-5-13-8-16(26)17(27)10-19(13)30/h7-11,14,22,32H,2-6H2,1H3,(H,29,33)/t14-,22-/m1/s1. The highest BCUT2D eigenvalue weighted by molar-refractivity contribution is 6.09. The number of carbonyl (C=O) groups is 1. The van der Waals surface area contributed by atoms with Gasteiger partial charge in [0.1, 0.15) is 11.3 Å². The number of aliphatic hydroxyl groups is 1. The summed E-state index contributed by atoms with van der Waals surface area (Å²) in [7, 11) is 0. The molecule has 0 saturated heterocycles. The number of nitrogens with zero attached hydrogens (tertiary/aromatic N) is 3. The molecule has 2 aromatic heterocycles. The molecule has 0 bridgehead atoms. The van der Waals surface area contributed by atoms with Crippen LogP contribution in [-0.4, -0.2) is 38.0 Å². The van der Waals surface area contributed by atoms with E-state index < -0.39 is 17.7 Å². The van der Waals surface area contributed by atoms with Crippen LogP contribution in [0.15, 0.2) is 35.3 Å². The van der Waals surface area contributed by atoms with Gasteiger partial charge in [0.25, 0.3) is 11.5 Å². The van der Waals surface area contributed by atoms with Gasteiger partial charge in [0.2, 0.25) is 0 Å². The fraction of sp³-hybridized carbons (Fsp3) is 0.320. The molecule has 2 atom stereocenters. The van der Waals surface area contributed by atoms with E-state index in [0.29, 0.717) is 64.1 Å². The molecular formula is C25H22F2N4O3. The minimum Gasteiger partial charge on any atom is -0.392 e. The molecule has 2 N–H and O–H groups in total. The number of rotatable bonds is 2. The molecule has 1 aliphatic carbocycles. The maximum Gasteiger partial charge on any atom is 0.274 e. The van der Waals surface area contributed by atoms with E-state index in [1.54, 1.807) is 17.4 Å². The average Bonchev–Trinajstić information content (AvgIpc) is 3.52. The quantitative estimate of drug-likeness (QED) is 0.474. The first-order chi connectivity index (χ1) is 16.3. The zero-order chi connectivity index (χ0) is 23.7. The minimum atomic E-state index is -0.998. The molecule has 1 amide bonds. The summed E-state index contributed by atoms with van der Waals surface area (Å²) in [5.41, 5.74) is 3.17. The molecule has 0 unspecified atom stereocenters. The second-order valence-corrected chi connectivity index (χ2v) is 9.18. The number of carbonyl (C=O) groups excluding carboxylic acids is 1. The Kier molecular flexibility index (Phi) is 4.60. The van der Waals surface area contributed by atoms with E-state index in [0.717, 1.165) is 25.0 Å². The molecule has 3 heterocycles. The highest BCUT2D eigenvalue weighted by Crippen LogP contribution is 2.36. The number of anilines is 1. The Morgan fingerprint density at radius 3 is 2.71 bits per heavy atom. The summed E-state index contributed by atoms with van der Waals surface area (Å²) in [6.45, 7) is 2.11. The summed E-state index contributed by atoms with van der Waals surface area (Å²) in [4.78, 5) is 35.0. The Hall–Kier alpha value is -3.59. The van der Waals surface area contributed by atoms with E-state index in [1.165, 1.54) is 11.1 Å². The first-order valence-electron chi connectivity index (χ1n) is 11.4. The van der Waals surface area contributed by atoms with Crippen LogP contribution in [0.1, 0.15) is 52.5 Å². The molecule has 2 aliphatic rings. The lowest BCUT2D eigenvalue weighted by molar-refractivity contribution is 0.0989. The number of aromatic amines is 1. The maximum atomic E-state index is 13.9. The summed E-state index contributed by atoms with van der Waals surface area (Å²) in [6, 6.07) is 5.64. The van der Waals surface area contributed by atoms with Gasteiger partial charge in [-0.2, -0.15) is 0 Å². The van der Waals surface area contributed by atoms with Crippen LogP contribution < -0.4 is 10.5 Å². The van der Waals surface area contributed by atoms with Gasteiger partial charge in [-0.1, -0.05) is 6.42 Å². The summed E-state index contributed by atoms with van der Waals surface area (Å²) in [5.74, 6) is -1.80. The summed E-state index contributed by atoms with van der Waals surface area (Å²) >= 11 is 0. The number of imidazole rings is 1. The first kappa shape index (κ1) is 21.0. The van der Waals surface area contributed by atoms with Crippen molar-refractivity contribution in [3.05, 3.63) is 75.0 Å². The van der Waals surface area contributed by atoms with Crippen LogP contribution >= 0.6 is 0 Å². The van der Waals surface area contributed by atoms with Gasteiger partial charge in [-0.25, -0.2) is 13.8 Å². The lowest BCUT2D eigenvalue weighted by atomic mass is 10.0. The van der Waals surface area contributed by atoms with Gasteiger partial charge in [0.15, 0.2) is 11.6 Å². The first-order valence-corrected chi connectivity index (χ1v) is 11.4. The average molecular weight is 464 g/mol. The van der Waals surface area contributed by atoms with E-state index in [2.05, 4.69) is 9.97 Å². The van der Waals surface area contributed by atoms with Crippen LogP contribution in [0.3, 0.4) is 0 Å². The Balaban J connectivity index is 1.49. The van der Waals surface area contributed by atoms with Gasteiger partial charge in [-0.15, -0.1) is 0 Å². The Morgan fingerprint density at radius 2 is 1.94 bits per heavy atom. The topological polar surface area (TPSA) is 90.7 Å². The second-order valence-electron chi connectivity index (χ2n) is 9.18. The van der Waals surface area contributed by atoms with Crippen LogP contribution in [0.2, 0.25) is 0 Å². The molecular weight excluding hydrogens is 442 g/mol. The van der Waals surface area contributed by atoms with Crippen molar-refractivity contribution in [3.63, 3.8) is 0 Å². The molecule has 9 heteroatoms. The number of benzene rings is 2. The number of amides is 1. The van der Waals surface area contributed by atoms with E-state index in [1.807, 2.05) is 6.07 Å². The summed E-state index contributed by atoms with van der Waals surface area (Å²) in [5, 5.41) is 10.4. The molecule has 34 heavy (non-hydrogen) atoms. The smallest absolute Gasteiger partial charge is 0.274 e. The van der Waals surface area contributed by atoms with Gasteiger partial charge >= 0.3 is 0 Å². The molecule has 0 radical (unpaired) electrons. The van der Waals surface area contributed by atoms with Gasteiger partial charge in [0, 0.05) is 24.1 Å². The number of aliphatic hydroxyl groups excluding tert-OH is 1. The maximum absolute atomic E-state index is 13.9. The highest BCUT2D eigenvalue weighted by atomic mass is 19.2. The largest absolute Gasteiger partial charge is 0.392 e. The van der Waals surface area contributed by atoms with E-state index >= 15 is 0 Å². The fourth-order valence-corrected chi connectivity index (χ4v) is 5.42. The molecule has 6 rings (SSSR count). The third-order valence-corrected chi connectivity index (χ3v) is 7.16. The highest BCUT2D eigenvalue weighted by Gasteiger charge is 2.32. The van der Waals surface area contributed by atoms with Crippen molar-refractivity contribution in [3.8, 4) is 0 Å². The van der Waals surface area contributed by atoms with E-state index in [9.17, 15) is 23.5 Å². The number of H-pyrrole nitrogens is 1. The van der Waals surface area contributed by atoms with Crippen molar-refractivity contribution < 1.29 is 18.7 Å². The zero-order valence-corrected chi connectivity index (χ0v) is 18.4. The Labute approximate surface area is 192 Å². The molecule has 1 aliphatic heterocycles. The number of nitrogens with one attached hydrogen (secondary N) is 1. The van der Waals surface area contributed by atoms with Crippen molar-refractivity contribution in [2.45, 2.75) is 44.6 Å². The molecule has 174 valence electrons. The Bertz CT molecular complexity index is 1560. The number of hydrogen-bond donors (Lipinski definition) is 2. The van der Waals surface area contributed by atoms with Crippen molar-refractivity contribution in [1.82, 2.24) is 14.4 Å². The second kappa shape index (κ2) is 7.46. The van der Waals surface area contributed by atoms with E-state index in [-0.39, 0.29) is 17.4 Å². The molecule has 4 aromatic rings. The number of aryl methyl sites for hydroxylation is 1. The van der Waals surface area contributed by atoms with E-state index in [4.69, 9.17) is 0 Å². The zero-order valence-electron chi connectivity index (χ0n) is 18.4. The minimum absolute atomic E-state index is 0.162. The Morgan fingerprint density at radius 1 is 1.15 bits per heavy atom. The van der Waals surface area contributed by atoms with Crippen LogP contribution in [0.4, 0.5) is 14.5 Å². The van der Waals surface area contributed by atoms with Crippen LogP contribution in [-0.2, 0) is 6.42 Å². The predicted molar refractivity (Wildman–Crippen MR) is 122 cm³/mol.